The van der Waals surface area contributed by atoms with Gasteiger partial charge in [0.05, 0.1) is 27.6 Å². The maximum absolute atomic E-state index is 15.2. The van der Waals surface area contributed by atoms with Crippen LogP contribution in [-0.2, 0) is 17.8 Å². The molecule has 7 nitrogen and oxygen atoms in total. The molecule has 1 spiro atoms. The van der Waals surface area contributed by atoms with E-state index in [1.165, 1.54) is 11.0 Å². The monoisotopic (exact) mass is 517 g/mol. The first-order valence-corrected chi connectivity index (χ1v) is 13.1. The second-order valence-electron chi connectivity index (χ2n) is 10.1. The third-order valence-electron chi connectivity index (χ3n) is 7.78. The Morgan fingerprint density at radius 3 is 2.89 bits per heavy atom. The number of rotatable bonds is 4. The Bertz CT molecular complexity index is 1590. The normalized spacial score (nSPS) is 18.9. The summed E-state index contributed by atoms with van der Waals surface area (Å²) in [7, 11) is 0. The van der Waals surface area contributed by atoms with Crippen molar-refractivity contribution in [2.75, 3.05) is 42.5 Å². The molecule has 3 aliphatic rings. The van der Waals surface area contributed by atoms with Crippen LogP contribution in [0.5, 0.6) is 0 Å². The Hall–Kier alpha value is -3.77. The molecule has 3 aliphatic heterocycles. The molecule has 5 heterocycles. The van der Waals surface area contributed by atoms with Crippen molar-refractivity contribution in [2.45, 2.75) is 26.3 Å². The Balaban J connectivity index is 1.37. The van der Waals surface area contributed by atoms with Gasteiger partial charge in [0.2, 0.25) is 5.91 Å². The molecule has 37 heavy (non-hydrogen) atoms. The number of halogens is 1. The molecule has 3 aromatic rings. The summed E-state index contributed by atoms with van der Waals surface area (Å²) in [6.45, 7) is 4.46. The van der Waals surface area contributed by atoms with E-state index in [2.05, 4.69) is 20.9 Å². The van der Waals surface area contributed by atoms with Crippen LogP contribution in [-0.4, -0.2) is 53.5 Å². The van der Waals surface area contributed by atoms with Gasteiger partial charge in [0.1, 0.15) is 28.3 Å². The van der Waals surface area contributed by atoms with Gasteiger partial charge in [-0.2, -0.15) is 5.26 Å². The van der Waals surface area contributed by atoms with E-state index in [-0.39, 0.29) is 11.2 Å². The molecule has 1 amide bonds. The quantitative estimate of drug-likeness (QED) is 0.480. The van der Waals surface area contributed by atoms with Gasteiger partial charge >= 0.3 is 0 Å². The fourth-order valence-corrected chi connectivity index (χ4v) is 6.83. The number of hydrogen-bond acceptors (Lipinski definition) is 7. The summed E-state index contributed by atoms with van der Waals surface area (Å²) >= 11 is 1.58. The molecular weight excluding hydrogens is 487 g/mol. The fraction of sp³-hybridized carbons (Fsp3) is 0.357. The van der Waals surface area contributed by atoms with Gasteiger partial charge in [-0.15, -0.1) is 11.3 Å². The van der Waals surface area contributed by atoms with E-state index in [0.29, 0.717) is 68.2 Å². The zero-order valence-electron chi connectivity index (χ0n) is 23.4. The van der Waals surface area contributed by atoms with Crippen LogP contribution in [0.4, 0.5) is 15.2 Å². The molecule has 0 unspecified atom stereocenters. The maximum atomic E-state index is 15.2. The number of carbonyl (C=O) groups is 1. The van der Waals surface area contributed by atoms with Crippen molar-refractivity contribution in [2.24, 2.45) is 5.41 Å². The second kappa shape index (κ2) is 8.96. The van der Waals surface area contributed by atoms with Gasteiger partial charge < -0.3 is 14.7 Å². The van der Waals surface area contributed by atoms with Gasteiger partial charge in [-0.3, -0.25) is 4.79 Å². The lowest BCUT2D eigenvalue weighted by atomic mass is 9.79. The first-order chi connectivity index (χ1) is 19.2. The molecule has 0 saturated carbocycles. The molecule has 0 radical (unpaired) electrons. The average Bonchev–Trinajstić information content (AvgIpc) is 3.57. The average molecular weight is 518 g/mol. The summed E-state index contributed by atoms with van der Waals surface area (Å²) in [6, 6.07) is 8.30. The number of carbonyl (C=O) groups excluding carboxylic acids is 1. The minimum absolute atomic E-state index is 0.214. The first kappa shape index (κ1) is 20.3. The summed E-state index contributed by atoms with van der Waals surface area (Å²) in [6.07, 6.45) is 1.39. The summed E-state index contributed by atoms with van der Waals surface area (Å²) in [5.74, 6) is -0.453. The zero-order valence-corrected chi connectivity index (χ0v) is 21.2. The standard InChI is InChI=1S/C28H27FN6OS/c1-3-24(36)35-15-28(16-35)9-11-34(14-28)26-21(12-30)25(19-6-4-5-7-22(19)29)20-8-10-33(13-23(20)32-26)27-18(2)31-17-37-27/h3-7,17H,1,8-11,13-16H2,2H3/i1D2,3D. The smallest absolute Gasteiger partial charge is 0.245 e. The lowest BCUT2D eigenvalue weighted by Crippen LogP contribution is -2.59. The molecule has 2 aromatic heterocycles. The Labute approximate surface area is 223 Å². The van der Waals surface area contributed by atoms with Crippen molar-refractivity contribution < 1.29 is 13.3 Å². The van der Waals surface area contributed by atoms with Crippen molar-refractivity contribution in [3.8, 4) is 17.2 Å². The number of anilines is 2. The number of pyridine rings is 1. The number of fused-ring (bicyclic) bond motifs is 1. The number of benzene rings is 1. The SMILES string of the molecule is [2H]C([2H])=C([2H])C(=O)N1CC2(CCN(c3nc4c(c(-c5ccccc5F)c3C#N)CCN(c3scnc3C)C4)C2)C1. The van der Waals surface area contributed by atoms with Crippen LogP contribution < -0.4 is 9.80 Å². The minimum atomic E-state index is -0.792. The molecule has 2 fully saturated rings. The van der Waals surface area contributed by atoms with Crippen LogP contribution in [0, 0.1) is 29.5 Å². The zero-order chi connectivity index (χ0) is 28.2. The molecule has 0 N–H and O–H groups in total. The van der Waals surface area contributed by atoms with E-state index in [1.807, 2.05) is 12.4 Å². The van der Waals surface area contributed by atoms with Crippen molar-refractivity contribution >= 4 is 28.1 Å². The predicted molar refractivity (Wildman–Crippen MR) is 142 cm³/mol. The van der Waals surface area contributed by atoms with Crippen LogP contribution in [0.3, 0.4) is 0 Å². The van der Waals surface area contributed by atoms with Gasteiger partial charge in [0.25, 0.3) is 0 Å². The Kier molecular flexibility index (Phi) is 4.92. The molecular formula is C28H27FN6OS. The van der Waals surface area contributed by atoms with E-state index < -0.39 is 18.5 Å². The number of nitrogens with zero attached hydrogens (tertiary/aromatic N) is 6. The van der Waals surface area contributed by atoms with Gasteiger partial charge in [-0.1, -0.05) is 24.7 Å². The van der Waals surface area contributed by atoms with Gasteiger partial charge in [-0.05, 0) is 37.4 Å². The van der Waals surface area contributed by atoms with E-state index in [1.54, 1.807) is 29.5 Å². The molecule has 1 aromatic carbocycles. The molecule has 188 valence electrons. The third kappa shape index (κ3) is 3.87. The largest absolute Gasteiger partial charge is 0.356 e. The number of aromatic nitrogens is 2. The second-order valence-corrected chi connectivity index (χ2v) is 10.9. The summed E-state index contributed by atoms with van der Waals surface area (Å²) in [5, 5.41) is 11.5. The van der Waals surface area contributed by atoms with Gasteiger partial charge in [-0.25, -0.2) is 14.4 Å². The van der Waals surface area contributed by atoms with E-state index in [9.17, 15) is 10.1 Å². The number of hydrogen-bond donors (Lipinski definition) is 0. The minimum Gasteiger partial charge on any atom is -0.356 e. The van der Waals surface area contributed by atoms with Gasteiger partial charge in [0.15, 0.2) is 0 Å². The predicted octanol–water partition coefficient (Wildman–Crippen LogP) is 4.31. The van der Waals surface area contributed by atoms with Crippen LogP contribution >= 0.6 is 11.3 Å². The maximum Gasteiger partial charge on any atom is 0.245 e. The number of nitriles is 1. The third-order valence-corrected chi connectivity index (χ3v) is 8.77. The molecule has 0 atom stereocenters. The molecule has 2 saturated heterocycles. The van der Waals surface area contributed by atoms with E-state index in [0.717, 1.165) is 28.4 Å². The number of likely N-dealkylation sites (tertiary alicyclic amines) is 1. The van der Waals surface area contributed by atoms with E-state index in [4.69, 9.17) is 9.10 Å². The molecule has 0 bridgehead atoms. The molecule has 6 rings (SSSR count). The topological polar surface area (TPSA) is 76.4 Å². The Morgan fingerprint density at radius 1 is 1.32 bits per heavy atom. The summed E-state index contributed by atoms with van der Waals surface area (Å²) in [4.78, 5) is 27.7. The van der Waals surface area contributed by atoms with Crippen LogP contribution in [0.1, 0.15) is 33.0 Å². The molecule has 0 aliphatic carbocycles. The highest BCUT2D eigenvalue weighted by atomic mass is 32.1. The van der Waals surface area contributed by atoms with Crippen LogP contribution in [0.25, 0.3) is 11.1 Å². The Morgan fingerprint density at radius 2 is 2.16 bits per heavy atom. The number of thiazole rings is 1. The van der Waals surface area contributed by atoms with E-state index >= 15 is 4.39 Å². The van der Waals surface area contributed by atoms with Crippen LogP contribution in [0.2, 0.25) is 0 Å². The van der Waals surface area contributed by atoms with Crippen molar-refractivity contribution in [1.29, 1.82) is 5.26 Å². The number of aryl methyl sites for hydroxylation is 1. The van der Waals surface area contributed by atoms with Gasteiger partial charge in [0, 0.05) is 49.3 Å². The molecule has 9 heteroatoms. The lowest BCUT2D eigenvalue weighted by Gasteiger charge is -2.47. The van der Waals surface area contributed by atoms with Crippen molar-refractivity contribution in [3.05, 3.63) is 70.7 Å². The highest BCUT2D eigenvalue weighted by Crippen LogP contribution is 2.44. The van der Waals surface area contributed by atoms with Crippen molar-refractivity contribution in [3.63, 3.8) is 0 Å². The first-order valence-electron chi connectivity index (χ1n) is 13.8. The van der Waals surface area contributed by atoms with Crippen molar-refractivity contribution in [1.82, 2.24) is 14.9 Å². The number of amides is 1. The highest BCUT2D eigenvalue weighted by molar-refractivity contribution is 7.14. The van der Waals surface area contributed by atoms with Crippen LogP contribution in [0.15, 0.2) is 42.4 Å². The summed E-state index contributed by atoms with van der Waals surface area (Å²) in [5.41, 5.74) is 5.65. The lowest BCUT2D eigenvalue weighted by molar-refractivity contribution is -0.136. The summed E-state index contributed by atoms with van der Waals surface area (Å²) < 4.78 is 37.5. The highest BCUT2D eigenvalue weighted by Gasteiger charge is 2.49. The fourth-order valence-electron chi connectivity index (χ4n) is 5.99.